The number of hydrogen-bond donors (Lipinski definition) is 4. The van der Waals surface area contributed by atoms with Crippen molar-refractivity contribution in [3.8, 4) is 0 Å². The zero-order valence-electron chi connectivity index (χ0n) is 7.85. The lowest BCUT2D eigenvalue weighted by atomic mass is 10.1. The molecule has 0 spiro atoms. The van der Waals surface area contributed by atoms with Gasteiger partial charge >= 0.3 is 7.67 Å². The van der Waals surface area contributed by atoms with Crippen LogP contribution in [0.15, 0.2) is 0 Å². The smallest absolute Gasteiger partial charge is 0.269 e. The van der Waals surface area contributed by atoms with E-state index in [0.717, 1.165) is 0 Å². The Kier molecular flexibility index (Phi) is 4.26. The highest BCUT2D eigenvalue weighted by Crippen LogP contribution is 2.48. The molecule has 0 aromatic heterocycles. The molecule has 0 aliphatic heterocycles. The Labute approximate surface area is 83.3 Å². The molecular weight excluding hydrogens is 230 g/mol. The van der Waals surface area contributed by atoms with Gasteiger partial charge in [0.1, 0.15) is 0 Å². The Morgan fingerprint density at radius 2 is 1.69 bits per heavy atom. The molecule has 7 N–H and O–H groups in total. The van der Waals surface area contributed by atoms with Gasteiger partial charge in [-0.05, 0) is 32.6 Å². The second-order valence-electron chi connectivity index (χ2n) is 3.69. The minimum absolute atomic E-state index is 0.334. The van der Waals surface area contributed by atoms with E-state index in [2.05, 4.69) is 5.09 Å². The van der Waals surface area contributed by atoms with Crippen LogP contribution >= 0.6 is 14.2 Å². The molecular formula is C4H16N4O2P2S. The molecule has 9 heteroatoms. The Bertz CT molecular complexity index is 270. The van der Waals surface area contributed by atoms with Crippen LogP contribution in [0.2, 0.25) is 0 Å². The van der Waals surface area contributed by atoms with Gasteiger partial charge in [0, 0.05) is 5.54 Å². The average molecular weight is 246 g/mol. The third-order valence-electron chi connectivity index (χ3n) is 0.740. The fourth-order valence-corrected chi connectivity index (χ4v) is 5.05. The maximum Gasteiger partial charge on any atom is 0.341 e. The van der Waals surface area contributed by atoms with E-state index >= 15 is 0 Å². The summed E-state index contributed by atoms with van der Waals surface area (Å²) in [6.07, 6.45) is 0. The zero-order valence-corrected chi connectivity index (χ0v) is 10.5. The van der Waals surface area contributed by atoms with Crippen molar-refractivity contribution in [2.45, 2.75) is 26.3 Å². The maximum atomic E-state index is 10.9. The molecule has 1 atom stereocenters. The van der Waals surface area contributed by atoms with Crippen molar-refractivity contribution in [3.63, 3.8) is 0 Å². The minimum atomic E-state index is -3.62. The van der Waals surface area contributed by atoms with Crippen LogP contribution in [-0.2, 0) is 20.7 Å². The van der Waals surface area contributed by atoms with E-state index in [0.29, 0.717) is 0 Å². The molecule has 6 nitrogen and oxygen atoms in total. The number of rotatable bonds is 3. The van der Waals surface area contributed by atoms with Crippen LogP contribution in [0.4, 0.5) is 0 Å². The number of nitrogens with two attached hydrogens (primary N) is 3. The highest BCUT2D eigenvalue weighted by Gasteiger charge is 2.25. The summed E-state index contributed by atoms with van der Waals surface area (Å²) in [4.78, 5) is 0. The lowest BCUT2D eigenvalue weighted by Crippen LogP contribution is -2.36. The lowest BCUT2D eigenvalue weighted by Gasteiger charge is -2.28. The molecule has 0 fully saturated rings. The molecule has 0 heterocycles. The fourth-order valence-electron chi connectivity index (χ4n) is 0.678. The predicted octanol–water partition coefficient (Wildman–Crippen LogP) is 0.600. The first-order valence-corrected chi connectivity index (χ1v) is 8.03. The molecule has 1 unspecified atom stereocenters. The summed E-state index contributed by atoms with van der Waals surface area (Å²) in [6.45, 7) is 2.68. The van der Waals surface area contributed by atoms with E-state index in [9.17, 15) is 4.57 Å². The highest BCUT2D eigenvalue weighted by molar-refractivity contribution is 8.11. The average Bonchev–Trinajstić information content (AvgIpc) is 1.43. The molecule has 13 heavy (non-hydrogen) atoms. The Balaban J connectivity index is 4.44. The summed E-state index contributed by atoms with van der Waals surface area (Å²) >= 11 is 4.86. The molecule has 0 bridgehead atoms. The van der Waals surface area contributed by atoms with Crippen molar-refractivity contribution in [2.75, 3.05) is 0 Å². The topological polar surface area (TPSA) is 116 Å². The van der Waals surface area contributed by atoms with E-state index in [4.69, 9.17) is 32.6 Å². The first-order valence-electron chi connectivity index (χ1n) is 3.48. The van der Waals surface area contributed by atoms with Crippen LogP contribution in [0.25, 0.3) is 0 Å². The Hall–Kier alpha value is 0.680. The summed E-state index contributed by atoms with van der Waals surface area (Å²) in [6, 6.07) is 0. The van der Waals surface area contributed by atoms with Crippen LogP contribution in [0.5, 0.6) is 0 Å². The van der Waals surface area contributed by atoms with Gasteiger partial charge in [-0.1, -0.05) is 0 Å². The summed E-state index contributed by atoms with van der Waals surface area (Å²) in [5.74, 6) is 0. The van der Waals surface area contributed by atoms with Gasteiger partial charge in [-0.2, -0.15) is 0 Å². The van der Waals surface area contributed by atoms with Crippen molar-refractivity contribution in [2.24, 2.45) is 16.5 Å². The van der Waals surface area contributed by atoms with Crippen LogP contribution in [-0.4, -0.2) is 5.54 Å². The Morgan fingerprint density at radius 1 is 1.31 bits per heavy atom. The number of hydrogen-bond acceptors (Lipinski definition) is 3. The van der Waals surface area contributed by atoms with Gasteiger partial charge in [0.25, 0.3) is 0 Å². The lowest BCUT2D eigenvalue weighted by molar-refractivity contribution is 0.472. The summed E-state index contributed by atoms with van der Waals surface area (Å²) in [5, 5.41) is 2.80. The van der Waals surface area contributed by atoms with Crippen LogP contribution in [0.1, 0.15) is 20.8 Å². The van der Waals surface area contributed by atoms with Crippen LogP contribution in [0, 0.1) is 0 Å². The molecule has 0 rings (SSSR count). The predicted molar refractivity (Wildman–Crippen MR) is 58.4 cm³/mol. The van der Waals surface area contributed by atoms with Crippen LogP contribution < -0.4 is 21.6 Å². The van der Waals surface area contributed by atoms with Gasteiger partial charge in [0.2, 0.25) is 6.57 Å². The van der Waals surface area contributed by atoms with Crippen molar-refractivity contribution in [3.05, 3.63) is 0 Å². The first kappa shape index (κ1) is 13.7. The highest BCUT2D eigenvalue weighted by atomic mass is 32.5. The minimum Gasteiger partial charge on any atom is -0.269 e. The molecule has 0 amide bonds. The van der Waals surface area contributed by atoms with Gasteiger partial charge in [0.05, 0.1) is 0 Å². The normalized spacial score (nSPS) is 18.3. The van der Waals surface area contributed by atoms with E-state index in [1.165, 1.54) is 0 Å². The molecule has 80 valence electrons. The SMILES string of the molecule is CC(C)(C)NP(N)(=S)OP(N)(N)=O. The third kappa shape index (κ3) is 9.00. The molecule has 0 aromatic carbocycles. The molecule has 0 aromatic rings. The Morgan fingerprint density at radius 3 is 1.92 bits per heavy atom. The summed E-state index contributed by atoms with van der Waals surface area (Å²) in [7, 11) is -3.62. The molecule has 0 aliphatic carbocycles. The van der Waals surface area contributed by atoms with Gasteiger partial charge in [-0.3, -0.25) is 15.2 Å². The van der Waals surface area contributed by atoms with Crippen molar-refractivity contribution in [1.29, 1.82) is 0 Å². The molecule has 0 aliphatic rings. The quantitative estimate of drug-likeness (QED) is 0.539. The zero-order chi connectivity index (χ0) is 10.9. The second kappa shape index (κ2) is 4.04. The van der Waals surface area contributed by atoms with Crippen molar-refractivity contribution < 1.29 is 8.88 Å². The summed E-state index contributed by atoms with van der Waals surface area (Å²) < 4.78 is 15.6. The van der Waals surface area contributed by atoms with E-state index in [1.54, 1.807) is 0 Å². The maximum absolute atomic E-state index is 10.9. The van der Waals surface area contributed by atoms with E-state index in [-0.39, 0.29) is 5.54 Å². The van der Waals surface area contributed by atoms with Gasteiger partial charge in [-0.15, -0.1) is 0 Å². The van der Waals surface area contributed by atoms with Crippen molar-refractivity contribution >= 4 is 26.0 Å². The molecule has 0 saturated heterocycles. The first-order chi connectivity index (χ1) is 5.41. The second-order valence-corrected chi connectivity index (χ2v) is 8.67. The van der Waals surface area contributed by atoms with E-state index in [1.807, 2.05) is 20.8 Å². The van der Waals surface area contributed by atoms with Gasteiger partial charge in [-0.25, -0.2) is 15.3 Å². The third-order valence-corrected chi connectivity index (χ3v) is 4.59. The molecule has 0 saturated carbocycles. The largest absolute Gasteiger partial charge is 0.341 e. The summed E-state index contributed by atoms with van der Waals surface area (Å²) in [5.41, 5.74) is 15.2. The van der Waals surface area contributed by atoms with E-state index < -0.39 is 14.2 Å². The van der Waals surface area contributed by atoms with Gasteiger partial charge < -0.3 is 0 Å². The number of nitrogens with one attached hydrogen (secondary N) is 1. The fraction of sp³-hybridized carbons (Fsp3) is 1.00. The van der Waals surface area contributed by atoms with Crippen molar-refractivity contribution in [1.82, 2.24) is 5.09 Å². The monoisotopic (exact) mass is 246 g/mol. The standard InChI is InChI=1S/C4H16N4O2P2S/c1-4(2,3)8-12(7,13)10-11(5,6)9/h1-3H3,(H4,5,6,9)(H3,7,8,13). The molecule has 0 radical (unpaired) electrons. The van der Waals surface area contributed by atoms with Crippen LogP contribution in [0.3, 0.4) is 0 Å². The van der Waals surface area contributed by atoms with Gasteiger partial charge in [0.15, 0.2) is 0 Å².